The van der Waals surface area contributed by atoms with Crippen molar-refractivity contribution in [1.82, 2.24) is 10.6 Å². The molecule has 0 fully saturated rings. The van der Waals surface area contributed by atoms with Crippen LogP contribution in [0.1, 0.15) is 57.1 Å². The molecule has 10 heteroatoms. The van der Waals surface area contributed by atoms with Crippen LogP contribution in [0.3, 0.4) is 0 Å². The minimum Gasteiger partial charge on any atom is -0.355 e. The summed E-state index contributed by atoms with van der Waals surface area (Å²) in [4.78, 5) is 46.3. The summed E-state index contributed by atoms with van der Waals surface area (Å²) in [5.41, 5.74) is 1.36. The number of nitrogens with one attached hydrogen (secondary N) is 2. The lowest BCUT2D eigenvalue weighted by Crippen LogP contribution is -2.36. The van der Waals surface area contributed by atoms with Crippen molar-refractivity contribution in [2.24, 2.45) is 11.8 Å². The Morgan fingerprint density at radius 3 is 1.26 bits per heavy atom. The van der Waals surface area contributed by atoms with Crippen LogP contribution in [-0.2, 0) is 9.59 Å². The van der Waals surface area contributed by atoms with Crippen LogP contribution in [0.25, 0.3) is 0 Å². The van der Waals surface area contributed by atoms with E-state index in [4.69, 9.17) is 0 Å². The highest BCUT2D eigenvalue weighted by Gasteiger charge is 2.26. The van der Waals surface area contributed by atoms with E-state index < -0.39 is 21.7 Å². The van der Waals surface area contributed by atoms with Crippen LogP contribution in [0.4, 0.5) is 11.4 Å². The molecule has 0 radical (unpaired) electrons. The van der Waals surface area contributed by atoms with Crippen LogP contribution in [0.15, 0.2) is 48.5 Å². The number of carbonyl (C=O) groups excluding carboxylic acids is 2. The molecule has 0 aliphatic carbocycles. The first-order chi connectivity index (χ1) is 16.5. The molecule has 35 heavy (non-hydrogen) atoms. The molecule has 10 nitrogen and oxygen atoms in total. The molecule has 0 aliphatic rings. The summed E-state index contributed by atoms with van der Waals surface area (Å²) in [7, 11) is 0. The first kappa shape index (κ1) is 27.4. The Morgan fingerprint density at radius 2 is 1.00 bits per heavy atom. The molecule has 0 aliphatic heterocycles. The van der Waals surface area contributed by atoms with Crippen LogP contribution >= 0.6 is 0 Å². The number of non-ortho nitro benzene ring substituents is 2. The molecule has 0 spiro atoms. The number of amides is 2. The number of nitro benzene ring substituents is 2. The average molecular weight is 485 g/mol. The van der Waals surface area contributed by atoms with E-state index in [0.29, 0.717) is 30.6 Å². The van der Waals surface area contributed by atoms with Gasteiger partial charge in [0.1, 0.15) is 0 Å². The summed E-state index contributed by atoms with van der Waals surface area (Å²) in [5, 5.41) is 27.5. The third-order valence-electron chi connectivity index (χ3n) is 5.78. The smallest absolute Gasteiger partial charge is 0.269 e. The summed E-state index contributed by atoms with van der Waals surface area (Å²) >= 11 is 0. The van der Waals surface area contributed by atoms with Crippen molar-refractivity contribution < 1.29 is 19.4 Å². The number of carbonyl (C=O) groups is 2. The molecular formula is C25H32N4O6. The van der Waals surface area contributed by atoms with Crippen LogP contribution in [0.2, 0.25) is 0 Å². The van der Waals surface area contributed by atoms with Gasteiger partial charge in [-0.3, -0.25) is 29.8 Å². The summed E-state index contributed by atoms with van der Waals surface area (Å²) in [6, 6.07) is 12.0. The monoisotopic (exact) mass is 484 g/mol. The molecule has 0 saturated heterocycles. The van der Waals surface area contributed by atoms with Crippen LogP contribution < -0.4 is 10.6 Å². The predicted molar refractivity (Wildman–Crippen MR) is 132 cm³/mol. The third-order valence-corrected chi connectivity index (χ3v) is 5.78. The van der Waals surface area contributed by atoms with Crippen molar-refractivity contribution in [2.45, 2.75) is 46.0 Å². The van der Waals surface area contributed by atoms with Crippen molar-refractivity contribution in [1.29, 1.82) is 0 Å². The van der Waals surface area contributed by atoms with Gasteiger partial charge >= 0.3 is 0 Å². The lowest BCUT2D eigenvalue weighted by atomic mass is 9.87. The molecule has 2 amide bonds. The maximum absolute atomic E-state index is 12.8. The number of rotatable bonds is 12. The molecule has 2 unspecified atom stereocenters. The maximum atomic E-state index is 12.8. The normalized spacial score (nSPS) is 12.7. The molecule has 2 rings (SSSR count). The highest BCUT2D eigenvalue weighted by atomic mass is 16.6. The molecule has 2 atom stereocenters. The molecular weight excluding hydrogens is 452 g/mol. The Bertz CT molecular complexity index is 951. The van der Waals surface area contributed by atoms with Crippen molar-refractivity contribution in [3.05, 3.63) is 79.9 Å². The molecule has 2 N–H and O–H groups in total. The van der Waals surface area contributed by atoms with Crippen molar-refractivity contribution in [2.75, 3.05) is 13.1 Å². The minimum atomic E-state index is -0.478. The second kappa shape index (κ2) is 12.6. The van der Waals surface area contributed by atoms with Crippen LogP contribution in [-0.4, -0.2) is 34.8 Å². The van der Waals surface area contributed by atoms with Crippen molar-refractivity contribution in [3.8, 4) is 0 Å². The summed E-state index contributed by atoms with van der Waals surface area (Å²) in [6.07, 6.45) is 0.521. The van der Waals surface area contributed by atoms with Gasteiger partial charge in [-0.05, 0) is 29.4 Å². The fourth-order valence-electron chi connectivity index (χ4n) is 4.02. The lowest BCUT2D eigenvalue weighted by Gasteiger charge is -2.22. The fourth-order valence-corrected chi connectivity index (χ4v) is 4.02. The van der Waals surface area contributed by atoms with Crippen LogP contribution in [0.5, 0.6) is 0 Å². The van der Waals surface area contributed by atoms with E-state index in [-0.39, 0.29) is 35.0 Å². The first-order valence-corrected chi connectivity index (χ1v) is 11.6. The Hall–Kier alpha value is -3.82. The predicted octanol–water partition coefficient (Wildman–Crippen LogP) is 4.30. The lowest BCUT2D eigenvalue weighted by molar-refractivity contribution is -0.385. The second-order valence-corrected chi connectivity index (χ2v) is 9.08. The molecule has 188 valence electrons. The summed E-state index contributed by atoms with van der Waals surface area (Å²) in [6.45, 7) is 8.37. The van der Waals surface area contributed by atoms with Crippen molar-refractivity contribution >= 4 is 23.2 Å². The number of benzene rings is 2. The third kappa shape index (κ3) is 7.59. The van der Waals surface area contributed by atoms with Gasteiger partial charge in [0.2, 0.25) is 11.8 Å². The molecule has 0 aromatic heterocycles. The SMILES string of the molecule is CC(C)C(C(=O)NCCCNC(=O)C(c1ccc([N+](=O)[O-])cc1)C(C)C)c1ccc([N+](=O)[O-])cc1. The quantitative estimate of drug-likeness (QED) is 0.261. The molecule has 2 aromatic carbocycles. The van der Waals surface area contributed by atoms with E-state index in [2.05, 4.69) is 10.6 Å². The average Bonchev–Trinajstić information content (AvgIpc) is 2.79. The van der Waals surface area contributed by atoms with Gasteiger partial charge in [-0.15, -0.1) is 0 Å². The van der Waals surface area contributed by atoms with Gasteiger partial charge in [0, 0.05) is 37.4 Å². The minimum absolute atomic E-state index is 0.00958. The standard InChI is InChI=1S/C25H32N4O6/c1-16(2)22(18-6-10-20(11-7-18)28(32)33)24(30)26-14-5-15-27-25(31)23(17(3)4)19-8-12-21(13-9-19)29(34)35/h6-13,16-17,22-23H,5,14-15H2,1-4H3,(H,26,30)(H,27,31). The molecule has 0 bridgehead atoms. The number of nitro groups is 2. The highest BCUT2D eigenvalue weighted by Crippen LogP contribution is 2.27. The van der Waals surface area contributed by atoms with Gasteiger partial charge in [-0.25, -0.2) is 0 Å². The van der Waals surface area contributed by atoms with E-state index >= 15 is 0 Å². The van der Waals surface area contributed by atoms with Gasteiger partial charge < -0.3 is 10.6 Å². The number of hydrogen-bond donors (Lipinski definition) is 2. The maximum Gasteiger partial charge on any atom is 0.269 e. The van der Waals surface area contributed by atoms with Gasteiger partial charge in [-0.2, -0.15) is 0 Å². The highest BCUT2D eigenvalue weighted by molar-refractivity contribution is 5.84. The van der Waals surface area contributed by atoms with Crippen molar-refractivity contribution in [3.63, 3.8) is 0 Å². The van der Waals surface area contributed by atoms with E-state index in [1.54, 1.807) is 24.3 Å². The first-order valence-electron chi connectivity index (χ1n) is 11.6. The molecule has 0 saturated carbocycles. The number of hydrogen-bond acceptors (Lipinski definition) is 6. The second-order valence-electron chi connectivity index (χ2n) is 9.08. The van der Waals surface area contributed by atoms with E-state index in [0.717, 1.165) is 0 Å². The van der Waals surface area contributed by atoms with Gasteiger partial charge in [-0.1, -0.05) is 52.0 Å². The molecule has 2 aromatic rings. The molecule has 0 heterocycles. The Kier molecular flexibility index (Phi) is 9.86. The fraction of sp³-hybridized carbons (Fsp3) is 0.440. The zero-order chi connectivity index (χ0) is 26.1. The summed E-state index contributed by atoms with van der Waals surface area (Å²) < 4.78 is 0. The Labute approximate surface area is 204 Å². The van der Waals surface area contributed by atoms with Gasteiger partial charge in [0.05, 0.1) is 21.7 Å². The van der Waals surface area contributed by atoms with E-state index in [1.165, 1.54) is 24.3 Å². The van der Waals surface area contributed by atoms with E-state index in [9.17, 15) is 29.8 Å². The Morgan fingerprint density at radius 1 is 0.686 bits per heavy atom. The van der Waals surface area contributed by atoms with Crippen LogP contribution in [0, 0.1) is 32.1 Å². The Balaban J connectivity index is 1.89. The zero-order valence-electron chi connectivity index (χ0n) is 20.4. The largest absolute Gasteiger partial charge is 0.355 e. The summed E-state index contributed by atoms with van der Waals surface area (Å²) in [5.74, 6) is -1.26. The van der Waals surface area contributed by atoms with E-state index in [1.807, 2.05) is 27.7 Å². The van der Waals surface area contributed by atoms with Gasteiger partial charge in [0.25, 0.3) is 11.4 Å². The zero-order valence-corrected chi connectivity index (χ0v) is 20.4. The van der Waals surface area contributed by atoms with Gasteiger partial charge in [0.15, 0.2) is 0 Å². The number of nitrogens with zero attached hydrogens (tertiary/aromatic N) is 2. The topological polar surface area (TPSA) is 144 Å².